The topological polar surface area (TPSA) is 24.7 Å². The van der Waals surface area contributed by atoms with Crippen molar-refractivity contribution in [3.05, 3.63) is 12.2 Å². The average molecular weight is 202 g/mol. The Bertz CT molecular complexity index is 365. The second-order valence-electron chi connectivity index (χ2n) is 5.18. The van der Waals surface area contributed by atoms with E-state index in [9.17, 15) is 0 Å². The summed E-state index contributed by atoms with van der Waals surface area (Å²) in [4.78, 5) is 9.40. The molecule has 3 aliphatic rings. The minimum atomic E-state index is 0.395. The molecule has 0 aromatic heterocycles. The number of rotatable bonds is 1. The third-order valence-electron chi connectivity index (χ3n) is 3.95. The van der Waals surface area contributed by atoms with E-state index in [4.69, 9.17) is 4.99 Å². The van der Waals surface area contributed by atoms with Crippen LogP contribution in [0.15, 0.2) is 22.1 Å². The van der Waals surface area contributed by atoms with Gasteiger partial charge in [0.1, 0.15) is 0 Å². The van der Waals surface area contributed by atoms with Crippen molar-refractivity contribution in [3.63, 3.8) is 0 Å². The van der Waals surface area contributed by atoms with E-state index in [-0.39, 0.29) is 0 Å². The van der Waals surface area contributed by atoms with Crippen LogP contribution >= 0.6 is 0 Å². The molecule has 4 unspecified atom stereocenters. The van der Waals surface area contributed by atoms with Crippen molar-refractivity contribution in [2.45, 2.75) is 32.7 Å². The smallest absolute Gasteiger partial charge is 0.0670 e. The molecule has 0 radical (unpaired) electrons. The van der Waals surface area contributed by atoms with E-state index in [1.54, 1.807) is 0 Å². The lowest BCUT2D eigenvalue weighted by molar-refractivity contribution is 0.578. The summed E-state index contributed by atoms with van der Waals surface area (Å²) in [7, 11) is 0. The van der Waals surface area contributed by atoms with E-state index in [1.807, 2.05) is 0 Å². The number of nitrogens with zero attached hydrogens (tertiary/aromatic N) is 2. The molecule has 2 nitrogen and oxygen atoms in total. The van der Waals surface area contributed by atoms with Crippen molar-refractivity contribution in [1.82, 2.24) is 0 Å². The molecular weight excluding hydrogens is 184 g/mol. The highest BCUT2D eigenvalue weighted by Gasteiger charge is 2.39. The normalized spacial score (nSPS) is 43.1. The first kappa shape index (κ1) is 9.32. The van der Waals surface area contributed by atoms with Crippen LogP contribution < -0.4 is 0 Å². The summed E-state index contributed by atoms with van der Waals surface area (Å²) in [5.41, 5.74) is 2.50. The van der Waals surface area contributed by atoms with Gasteiger partial charge in [0.15, 0.2) is 0 Å². The van der Waals surface area contributed by atoms with Gasteiger partial charge in [-0.1, -0.05) is 12.2 Å². The van der Waals surface area contributed by atoms with Gasteiger partial charge in [0, 0.05) is 5.92 Å². The Labute approximate surface area is 91.2 Å². The summed E-state index contributed by atoms with van der Waals surface area (Å²) in [5.74, 6) is 2.25. The molecule has 2 heteroatoms. The number of hydrogen-bond donors (Lipinski definition) is 0. The Morgan fingerprint density at radius 1 is 1.27 bits per heavy atom. The van der Waals surface area contributed by atoms with Gasteiger partial charge in [-0.3, -0.25) is 9.98 Å². The maximum atomic E-state index is 4.82. The van der Waals surface area contributed by atoms with Crippen molar-refractivity contribution in [1.29, 1.82) is 0 Å². The monoisotopic (exact) mass is 202 g/mol. The van der Waals surface area contributed by atoms with Gasteiger partial charge in [-0.05, 0) is 38.5 Å². The molecule has 0 N–H and O–H groups in total. The van der Waals surface area contributed by atoms with Crippen molar-refractivity contribution < 1.29 is 0 Å². The van der Waals surface area contributed by atoms with Gasteiger partial charge in [-0.2, -0.15) is 0 Å². The standard InChI is InChI=1S/C13H18N2/c1-8-7-14-9(2)13(15-8)12-6-10-3-4-11(12)5-10/h3-4,8,10-12H,5-7H2,1-2H3. The number of aliphatic imine (C=N–C) groups is 2. The molecule has 1 heterocycles. The molecule has 0 aromatic rings. The summed E-state index contributed by atoms with van der Waals surface area (Å²) in [6, 6.07) is 0.395. The Balaban J connectivity index is 1.88. The van der Waals surface area contributed by atoms with Crippen LogP contribution in [0, 0.1) is 17.8 Å². The molecule has 2 bridgehead atoms. The fourth-order valence-electron chi connectivity index (χ4n) is 3.18. The molecule has 3 rings (SSSR count). The molecule has 2 aliphatic carbocycles. The van der Waals surface area contributed by atoms with Gasteiger partial charge >= 0.3 is 0 Å². The summed E-state index contributed by atoms with van der Waals surface area (Å²) in [5, 5.41) is 0. The van der Waals surface area contributed by atoms with Gasteiger partial charge in [-0.15, -0.1) is 0 Å². The fourth-order valence-corrected chi connectivity index (χ4v) is 3.18. The third-order valence-corrected chi connectivity index (χ3v) is 3.95. The Morgan fingerprint density at radius 2 is 2.13 bits per heavy atom. The second-order valence-corrected chi connectivity index (χ2v) is 5.18. The van der Waals surface area contributed by atoms with E-state index < -0.39 is 0 Å². The van der Waals surface area contributed by atoms with Crippen LogP contribution in [0.5, 0.6) is 0 Å². The van der Waals surface area contributed by atoms with Crippen LogP contribution in [-0.4, -0.2) is 24.0 Å². The molecule has 0 spiro atoms. The largest absolute Gasteiger partial charge is 0.286 e. The first-order chi connectivity index (χ1) is 7.24. The van der Waals surface area contributed by atoms with Crippen LogP contribution in [0.4, 0.5) is 0 Å². The SMILES string of the molecule is CC1=NCC(C)N=C1C1CC2C=CC1C2. The Kier molecular flexibility index (Phi) is 2.04. The Morgan fingerprint density at radius 3 is 2.80 bits per heavy atom. The Hall–Kier alpha value is -0.920. The fraction of sp³-hybridized carbons (Fsp3) is 0.692. The van der Waals surface area contributed by atoms with Crippen molar-refractivity contribution in [2.24, 2.45) is 27.7 Å². The summed E-state index contributed by atoms with van der Waals surface area (Å²) >= 11 is 0. The van der Waals surface area contributed by atoms with E-state index in [0.29, 0.717) is 12.0 Å². The van der Waals surface area contributed by atoms with Crippen LogP contribution in [0.25, 0.3) is 0 Å². The highest BCUT2D eigenvalue weighted by molar-refractivity contribution is 6.42. The first-order valence-corrected chi connectivity index (χ1v) is 6.01. The first-order valence-electron chi connectivity index (χ1n) is 6.01. The van der Waals surface area contributed by atoms with Crippen LogP contribution in [-0.2, 0) is 0 Å². The lowest BCUT2D eigenvalue weighted by Gasteiger charge is -2.24. The highest BCUT2D eigenvalue weighted by Crippen LogP contribution is 2.44. The lowest BCUT2D eigenvalue weighted by Crippen LogP contribution is -2.31. The molecule has 0 saturated heterocycles. The summed E-state index contributed by atoms with van der Waals surface area (Å²) < 4.78 is 0. The molecular formula is C13H18N2. The molecule has 1 fully saturated rings. The van der Waals surface area contributed by atoms with E-state index >= 15 is 0 Å². The maximum Gasteiger partial charge on any atom is 0.0670 e. The van der Waals surface area contributed by atoms with E-state index in [0.717, 1.165) is 18.4 Å². The minimum Gasteiger partial charge on any atom is -0.286 e. The van der Waals surface area contributed by atoms with Gasteiger partial charge in [0.25, 0.3) is 0 Å². The molecule has 1 aliphatic heterocycles. The third kappa shape index (κ3) is 1.47. The van der Waals surface area contributed by atoms with Gasteiger partial charge in [0.2, 0.25) is 0 Å². The van der Waals surface area contributed by atoms with Crippen molar-refractivity contribution in [3.8, 4) is 0 Å². The number of allylic oxidation sites excluding steroid dienone is 2. The molecule has 1 saturated carbocycles. The maximum absolute atomic E-state index is 4.82. The van der Waals surface area contributed by atoms with Crippen LogP contribution in [0.3, 0.4) is 0 Å². The van der Waals surface area contributed by atoms with E-state index in [1.165, 1.54) is 24.3 Å². The molecule has 0 aromatic carbocycles. The van der Waals surface area contributed by atoms with Gasteiger partial charge in [0.05, 0.1) is 24.0 Å². The summed E-state index contributed by atoms with van der Waals surface area (Å²) in [6.45, 7) is 5.17. The molecule has 80 valence electrons. The second kappa shape index (κ2) is 3.29. The predicted molar refractivity (Wildman–Crippen MR) is 63.7 cm³/mol. The lowest BCUT2D eigenvalue weighted by atomic mass is 9.86. The quantitative estimate of drug-likeness (QED) is 0.584. The van der Waals surface area contributed by atoms with Crippen molar-refractivity contribution in [2.75, 3.05) is 6.54 Å². The number of hydrogen-bond acceptors (Lipinski definition) is 2. The van der Waals surface area contributed by atoms with Crippen LogP contribution in [0.1, 0.15) is 26.7 Å². The van der Waals surface area contributed by atoms with Gasteiger partial charge < -0.3 is 0 Å². The zero-order valence-corrected chi connectivity index (χ0v) is 9.48. The minimum absolute atomic E-state index is 0.395. The van der Waals surface area contributed by atoms with Crippen molar-refractivity contribution >= 4 is 11.4 Å². The molecule has 15 heavy (non-hydrogen) atoms. The highest BCUT2D eigenvalue weighted by atomic mass is 14.9. The molecule has 4 atom stereocenters. The zero-order chi connectivity index (χ0) is 10.4. The van der Waals surface area contributed by atoms with E-state index in [2.05, 4.69) is 31.0 Å². The molecule has 0 amide bonds. The zero-order valence-electron chi connectivity index (χ0n) is 9.48. The van der Waals surface area contributed by atoms with Crippen LogP contribution in [0.2, 0.25) is 0 Å². The average Bonchev–Trinajstić information content (AvgIpc) is 2.83. The predicted octanol–water partition coefficient (Wildman–Crippen LogP) is 2.50. The number of fused-ring (bicyclic) bond motifs is 2. The summed E-state index contributed by atoms with van der Waals surface area (Å²) in [6.07, 6.45) is 7.44. The van der Waals surface area contributed by atoms with Gasteiger partial charge in [-0.25, -0.2) is 0 Å².